The molecule has 0 saturated heterocycles. The molecule has 2 saturated carbocycles. The van der Waals surface area contributed by atoms with E-state index in [-0.39, 0.29) is 5.41 Å². The fraction of sp³-hybridized carbons (Fsp3) is 0.900. The highest BCUT2D eigenvalue weighted by Crippen LogP contribution is 2.50. The summed E-state index contributed by atoms with van der Waals surface area (Å²) in [6.07, 6.45) is 10.0. The van der Waals surface area contributed by atoms with Crippen LogP contribution in [0.3, 0.4) is 0 Å². The summed E-state index contributed by atoms with van der Waals surface area (Å²) in [4.78, 5) is 11.1. The average molecular weight is 152 g/mol. The molecule has 0 amide bonds. The van der Waals surface area contributed by atoms with Crippen LogP contribution in [0.25, 0.3) is 0 Å². The van der Waals surface area contributed by atoms with Gasteiger partial charge in [-0.2, -0.15) is 0 Å². The van der Waals surface area contributed by atoms with Crippen LogP contribution in [0.1, 0.15) is 51.4 Å². The van der Waals surface area contributed by atoms with Gasteiger partial charge >= 0.3 is 0 Å². The first-order chi connectivity index (χ1) is 5.33. The molecule has 2 rings (SSSR count). The standard InChI is InChI=1S/C10H16O/c11-9-8-10(9)6-4-2-1-3-5-7-10/h1-8H2. The van der Waals surface area contributed by atoms with Crippen molar-refractivity contribution in [1.29, 1.82) is 0 Å². The third kappa shape index (κ3) is 1.33. The zero-order valence-corrected chi connectivity index (χ0v) is 7.07. The number of Topliss-reactive ketones (excluding diaryl/α,β-unsaturated/α-hetero) is 1. The summed E-state index contributed by atoms with van der Waals surface area (Å²) in [6, 6.07) is 0. The van der Waals surface area contributed by atoms with Gasteiger partial charge in [-0.3, -0.25) is 4.79 Å². The Morgan fingerprint density at radius 1 is 0.909 bits per heavy atom. The van der Waals surface area contributed by atoms with Crippen LogP contribution in [0.2, 0.25) is 0 Å². The van der Waals surface area contributed by atoms with Crippen molar-refractivity contribution < 1.29 is 4.79 Å². The molecule has 1 heteroatoms. The zero-order valence-electron chi connectivity index (χ0n) is 7.07. The van der Waals surface area contributed by atoms with Gasteiger partial charge in [0.15, 0.2) is 0 Å². The second-order valence-electron chi connectivity index (χ2n) is 4.15. The van der Waals surface area contributed by atoms with Crippen LogP contribution in [-0.4, -0.2) is 5.78 Å². The molecule has 62 valence electrons. The third-order valence-electron chi connectivity index (χ3n) is 3.28. The smallest absolute Gasteiger partial charge is 0.140 e. The van der Waals surface area contributed by atoms with Gasteiger partial charge in [-0.05, 0) is 12.8 Å². The first kappa shape index (κ1) is 7.33. The van der Waals surface area contributed by atoms with E-state index in [1.54, 1.807) is 0 Å². The molecule has 0 radical (unpaired) electrons. The highest BCUT2D eigenvalue weighted by atomic mass is 16.1. The minimum absolute atomic E-state index is 0.223. The van der Waals surface area contributed by atoms with Crippen LogP contribution in [0, 0.1) is 5.41 Å². The topological polar surface area (TPSA) is 17.1 Å². The molecular weight excluding hydrogens is 136 g/mol. The van der Waals surface area contributed by atoms with E-state index in [2.05, 4.69) is 0 Å². The average Bonchev–Trinajstić information content (AvgIpc) is 2.55. The van der Waals surface area contributed by atoms with Crippen LogP contribution in [0.15, 0.2) is 0 Å². The molecule has 0 N–H and O–H groups in total. The van der Waals surface area contributed by atoms with E-state index < -0.39 is 0 Å². The van der Waals surface area contributed by atoms with Gasteiger partial charge in [0.05, 0.1) is 0 Å². The van der Waals surface area contributed by atoms with Gasteiger partial charge in [0.25, 0.3) is 0 Å². The van der Waals surface area contributed by atoms with Crippen molar-refractivity contribution >= 4 is 5.78 Å². The van der Waals surface area contributed by atoms with E-state index in [9.17, 15) is 4.79 Å². The maximum atomic E-state index is 11.1. The van der Waals surface area contributed by atoms with Crippen LogP contribution in [0.4, 0.5) is 0 Å². The van der Waals surface area contributed by atoms with Crippen molar-refractivity contribution in [2.24, 2.45) is 5.41 Å². The Morgan fingerprint density at radius 2 is 1.36 bits per heavy atom. The monoisotopic (exact) mass is 152 g/mol. The minimum Gasteiger partial charge on any atom is -0.299 e. The van der Waals surface area contributed by atoms with Crippen LogP contribution >= 0.6 is 0 Å². The molecule has 1 spiro atoms. The summed E-state index contributed by atoms with van der Waals surface area (Å²) in [5.41, 5.74) is 0.223. The highest BCUT2D eigenvalue weighted by molar-refractivity contribution is 6.00. The summed E-state index contributed by atoms with van der Waals surface area (Å²) < 4.78 is 0. The van der Waals surface area contributed by atoms with Gasteiger partial charge in [-0.25, -0.2) is 0 Å². The zero-order chi connectivity index (χ0) is 7.73. The molecular formula is C10H16O. The Kier molecular flexibility index (Phi) is 1.74. The Bertz CT molecular complexity index is 164. The predicted molar refractivity (Wildman–Crippen MR) is 44.4 cm³/mol. The quantitative estimate of drug-likeness (QED) is 0.521. The first-order valence-electron chi connectivity index (χ1n) is 4.87. The summed E-state index contributed by atoms with van der Waals surface area (Å²) in [7, 11) is 0. The number of hydrogen-bond acceptors (Lipinski definition) is 1. The van der Waals surface area contributed by atoms with Crippen molar-refractivity contribution in [2.45, 2.75) is 51.4 Å². The molecule has 2 aliphatic carbocycles. The molecule has 0 aromatic carbocycles. The van der Waals surface area contributed by atoms with Gasteiger partial charge in [0, 0.05) is 11.8 Å². The molecule has 0 aromatic rings. The van der Waals surface area contributed by atoms with E-state index in [1.165, 1.54) is 44.9 Å². The van der Waals surface area contributed by atoms with E-state index in [0.717, 1.165) is 6.42 Å². The number of ketones is 1. The second-order valence-corrected chi connectivity index (χ2v) is 4.15. The van der Waals surface area contributed by atoms with Crippen molar-refractivity contribution in [2.75, 3.05) is 0 Å². The molecule has 2 fully saturated rings. The van der Waals surface area contributed by atoms with Crippen LogP contribution in [-0.2, 0) is 4.79 Å². The second kappa shape index (κ2) is 2.62. The molecule has 0 aliphatic heterocycles. The van der Waals surface area contributed by atoms with Gasteiger partial charge in [-0.1, -0.05) is 32.1 Å². The highest BCUT2D eigenvalue weighted by Gasteiger charge is 2.51. The minimum atomic E-state index is 0.223. The summed E-state index contributed by atoms with van der Waals surface area (Å²) in [5, 5.41) is 0. The molecule has 0 bridgehead atoms. The van der Waals surface area contributed by atoms with Crippen molar-refractivity contribution in [3.05, 3.63) is 0 Å². The lowest BCUT2D eigenvalue weighted by Gasteiger charge is -2.15. The van der Waals surface area contributed by atoms with Crippen molar-refractivity contribution in [3.8, 4) is 0 Å². The molecule has 2 aliphatic rings. The van der Waals surface area contributed by atoms with Crippen molar-refractivity contribution in [1.82, 2.24) is 0 Å². The normalized spacial score (nSPS) is 29.6. The largest absolute Gasteiger partial charge is 0.299 e. The fourth-order valence-electron chi connectivity index (χ4n) is 2.30. The van der Waals surface area contributed by atoms with E-state index in [1.807, 2.05) is 0 Å². The lowest BCUT2D eigenvalue weighted by atomic mass is 9.88. The van der Waals surface area contributed by atoms with Crippen LogP contribution < -0.4 is 0 Å². The van der Waals surface area contributed by atoms with E-state index >= 15 is 0 Å². The third-order valence-corrected chi connectivity index (χ3v) is 3.28. The van der Waals surface area contributed by atoms with Gasteiger partial charge in [0.2, 0.25) is 0 Å². The maximum Gasteiger partial charge on any atom is 0.140 e. The molecule has 11 heavy (non-hydrogen) atoms. The summed E-state index contributed by atoms with van der Waals surface area (Å²) in [5.74, 6) is 0.555. The Balaban J connectivity index is 1.93. The number of hydrogen-bond donors (Lipinski definition) is 0. The first-order valence-corrected chi connectivity index (χ1v) is 4.87. The fourth-order valence-corrected chi connectivity index (χ4v) is 2.30. The summed E-state index contributed by atoms with van der Waals surface area (Å²) in [6.45, 7) is 0. The Morgan fingerprint density at radius 3 is 1.82 bits per heavy atom. The number of rotatable bonds is 0. The van der Waals surface area contributed by atoms with Crippen LogP contribution in [0.5, 0.6) is 0 Å². The lowest BCUT2D eigenvalue weighted by Crippen LogP contribution is -2.06. The van der Waals surface area contributed by atoms with Gasteiger partial charge in [0.1, 0.15) is 5.78 Å². The molecule has 1 nitrogen and oxygen atoms in total. The molecule has 0 unspecified atom stereocenters. The Labute approximate surface area is 68.2 Å². The lowest BCUT2D eigenvalue weighted by molar-refractivity contribution is -0.113. The SMILES string of the molecule is O=C1CC12CCCCCCC2. The molecule has 0 aromatic heterocycles. The van der Waals surface area contributed by atoms with E-state index in [0.29, 0.717) is 5.78 Å². The maximum absolute atomic E-state index is 11.1. The molecule has 0 heterocycles. The van der Waals surface area contributed by atoms with Crippen molar-refractivity contribution in [3.63, 3.8) is 0 Å². The predicted octanol–water partition coefficient (Wildman–Crippen LogP) is 2.69. The molecule has 0 atom stereocenters. The number of carbonyl (C=O) groups is 1. The van der Waals surface area contributed by atoms with E-state index in [4.69, 9.17) is 0 Å². The van der Waals surface area contributed by atoms with Gasteiger partial charge in [-0.15, -0.1) is 0 Å². The number of carbonyl (C=O) groups excluding carboxylic acids is 1. The summed E-state index contributed by atoms with van der Waals surface area (Å²) >= 11 is 0. The Hall–Kier alpha value is -0.330. The van der Waals surface area contributed by atoms with Gasteiger partial charge < -0.3 is 0 Å².